The highest BCUT2D eigenvalue weighted by Crippen LogP contribution is 2.57. The van der Waals surface area contributed by atoms with Gasteiger partial charge in [-0.05, 0) is 55.1 Å². The molecule has 232 valence electrons. The summed E-state index contributed by atoms with van der Waals surface area (Å²) in [6.45, 7) is 1.63. The molecule has 6 rings (SSSR count). The lowest BCUT2D eigenvalue weighted by Gasteiger charge is -2.52. The molecule has 3 aromatic heterocycles. The third-order valence-electron chi connectivity index (χ3n) is 10.3. The van der Waals surface area contributed by atoms with E-state index in [0.717, 1.165) is 42.0 Å². The fraction of sp³-hybridized carbons (Fsp3) is 0.667. The first kappa shape index (κ1) is 29.8. The number of piperidine rings is 1. The molecule has 3 atom stereocenters. The molecule has 0 aromatic carbocycles. The molecule has 1 aliphatic heterocycles. The molecule has 2 aliphatic carbocycles. The van der Waals surface area contributed by atoms with Gasteiger partial charge < -0.3 is 4.57 Å². The van der Waals surface area contributed by atoms with E-state index >= 15 is 0 Å². The second kappa shape index (κ2) is 10.7. The van der Waals surface area contributed by atoms with Gasteiger partial charge in [0.1, 0.15) is 12.2 Å². The third-order valence-corrected chi connectivity index (χ3v) is 10.3. The summed E-state index contributed by atoms with van der Waals surface area (Å²) in [6.07, 6.45) is 4.50. The number of fused-ring (bicyclic) bond motifs is 1. The maximum absolute atomic E-state index is 14.3. The van der Waals surface area contributed by atoms with Crippen LogP contribution in [-0.4, -0.2) is 47.6 Å². The Balaban J connectivity index is 1.30. The van der Waals surface area contributed by atoms with E-state index in [1.54, 1.807) is 11.2 Å². The van der Waals surface area contributed by atoms with E-state index in [2.05, 4.69) is 16.3 Å². The number of alkyl halides is 5. The number of aryl methyl sites for hydroxylation is 1. The van der Waals surface area contributed by atoms with Crippen molar-refractivity contribution in [1.82, 2.24) is 28.6 Å². The van der Waals surface area contributed by atoms with E-state index in [1.165, 1.54) is 23.9 Å². The third kappa shape index (κ3) is 5.47. The van der Waals surface area contributed by atoms with Crippen LogP contribution in [0.25, 0.3) is 5.52 Å². The van der Waals surface area contributed by atoms with E-state index in [4.69, 9.17) is 0 Å². The van der Waals surface area contributed by atoms with E-state index in [-0.39, 0.29) is 60.4 Å². The number of hydrogen-bond acceptors (Lipinski definition) is 5. The van der Waals surface area contributed by atoms with Crippen LogP contribution in [0.1, 0.15) is 74.9 Å². The molecule has 3 aliphatic rings. The molecule has 13 heteroatoms. The van der Waals surface area contributed by atoms with Gasteiger partial charge in [0.05, 0.1) is 17.1 Å². The largest absolute Gasteiger partial charge is 0.418 e. The second-order valence-electron chi connectivity index (χ2n) is 13.1. The van der Waals surface area contributed by atoms with Crippen LogP contribution in [0, 0.1) is 34.5 Å². The first-order valence-corrected chi connectivity index (χ1v) is 15.0. The Bertz CT molecular complexity index is 1590. The topological polar surface area (TPSA) is 84.2 Å². The molecule has 0 amide bonds. The molecule has 8 nitrogen and oxygen atoms in total. The summed E-state index contributed by atoms with van der Waals surface area (Å²) in [5.74, 6) is -2.74. The summed E-state index contributed by atoms with van der Waals surface area (Å²) >= 11 is 0. The van der Waals surface area contributed by atoms with Gasteiger partial charge in [-0.1, -0.05) is 13.3 Å². The average molecular weight is 606 g/mol. The van der Waals surface area contributed by atoms with Crippen molar-refractivity contribution in [1.29, 1.82) is 5.26 Å². The predicted molar refractivity (Wildman–Crippen MR) is 147 cm³/mol. The van der Waals surface area contributed by atoms with Crippen LogP contribution in [-0.2, 0) is 26.2 Å². The van der Waals surface area contributed by atoms with Gasteiger partial charge >= 0.3 is 11.9 Å². The van der Waals surface area contributed by atoms with Crippen LogP contribution in [0.2, 0.25) is 0 Å². The molecule has 0 spiro atoms. The van der Waals surface area contributed by atoms with Gasteiger partial charge in [0.15, 0.2) is 0 Å². The van der Waals surface area contributed by atoms with Crippen molar-refractivity contribution in [2.75, 3.05) is 13.1 Å². The molecule has 43 heavy (non-hydrogen) atoms. The summed E-state index contributed by atoms with van der Waals surface area (Å²) in [5.41, 5.74) is -1.55. The van der Waals surface area contributed by atoms with Crippen LogP contribution < -0.4 is 5.69 Å². The zero-order chi connectivity index (χ0) is 30.7. The molecule has 2 saturated carbocycles. The standard InChI is InChI=1S/C30H36F5N7O/c1-19-14-40(7-6-29(19,31)32)15-20-8-24(30(33,34)35)25-17-41(27(43)42(25)16-20)23-5-3-4-22(9-23)28(10-21(11-28)13-36)12-26-38-37-18-39(26)2/h8,16-19,21-23H,3-7,9-12,14-15H2,1-2H3/t19?,21-,22?,23?,28-. The number of hydrogen-bond donors (Lipinski definition) is 0. The Morgan fingerprint density at radius 1 is 1.19 bits per heavy atom. The normalized spacial score (nSPS) is 29.8. The first-order valence-electron chi connectivity index (χ1n) is 15.0. The molecule has 0 N–H and O–H groups in total. The number of halogens is 5. The molecule has 3 aromatic rings. The highest BCUT2D eigenvalue weighted by Gasteiger charge is 2.51. The van der Waals surface area contributed by atoms with Crippen molar-refractivity contribution >= 4 is 5.52 Å². The number of aromatic nitrogens is 5. The molecule has 0 radical (unpaired) electrons. The van der Waals surface area contributed by atoms with Crippen molar-refractivity contribution < 1.29 is 22.0 Å². The van der Waals surface area contributed by atoms with Crippen molar-refractivity contribution in [3.63, 3.8) is 0 Å². The molecule has 0 bridgehead atoms. The minimum atomic E-state index is -4.70. The highest BCUT2D eigenvalue weighted by molar-refractivity contribution is 5.56. The monoisotopic (exact) mass is 605 g/mol. The Morgan fingerprint density at radius 3 is 2.60 bits per heavy atom. The van der Waals surface area contributed by atoms with E-state index in [0.29, 0.717) is 19.3 Å². The molecular formula is C30H36F5N7O. The summed E-state index contributed by atoms with van der Waals surface area (Å²) in [5, 5.41) is 17.8. The van der Waals surface area contributed by atoms with E-state index in [9.17, 15) is 32.0 Å². The van der Waals surface area contributed by atoms with Crippen molar-refractivity contribution in [2.24, 2.45) is 30.2 Å². The maximum Gasteiger partial charge on any atom is 0.418 e. The SMILES string of the molecule is CC1CN(Cc2cc(C(F)(F)F)c3cn(C4CCCC([C@]5(Cc6nncn6C)C[C@@H](C#N)C5)C4)c(=O)n3c2)CCC1(F)F. The predicted octanol–water partition coefficient (Wildman–Crippen LogP) is 5.62. The van der Waals surface area contributed by atoms with Crippen LogP contribution in [0.5, 0.6) is 0 Å². The number of rotatable bonds is 6. The van der Waals surface area contributed by atoms with E-state index < -0.39 is 29.3 Å². The van der Waals surface area contributed by atoms with Crippen molar-refractivity contribution in [3.8, 4) is 6.07 Å². The summed E-state index contributed by atoms with van der Waals surface area (Å²) < 4.78 is 75.3. The minimum Gasteiger partial charge on any atom is -0.321 e. The fourth-order valence-corrected chi connectivity index (χ4v) is 7.80. The maximum atomic E-state index is 14.3. The number of nitriles is 1. The Labute approximate surface area is 246 Å². The van der Waals surface area contributed by atoms with Crippen LogP contribution in [0.3, 0.4) is 0 Å². The zero-order valence-corrected chi connectivity index (χ0v) is 24.3. The molecule has 3 unspecified atom stereocenters. The highest BCUT2D eigenvalue weighted by atomic mass is 19.4. The molecule has 1 saturated heterocycles. The minimum absolute atomic E-state index is 0.0460. The number of imidazole rings is 1. The number of nitrogens with zero attached hydrogens (tertiary/aromatic N) is 7. The lowest BCUT2D eigenvalue weighted by molar-refractivity contribution is -0.136. The molecular weight excluding hydrogens is 569 g/mol. The summed E-state index contributed by atoms with van der Waals surface area (Å²) in [7, 11) is 1.88. The molecule has 4 heterocycles. The van der Waals surface area contributed by atoms with Gasteiger partial charge in [-0.25, -0.2) is 13.6 Å². The smallest absolute Gasteiger partial charge is 0.321 e. The first-order chi connectivity index (χ1) is 20.3. The lowest BCUT2D eigenvalue weighted by Crippen LogP contribution is -2.47. The van der Waals surface area contributed by atoms with Crippen LogP contribution >= 0.6 is 0 Å². The zero-order valence-electron chi connectivity index (χ0n) is 24.3. The Hall–Kier alpha value is -3.27. The molecule has 3 fully saturated rings. The van der Waals surface area contributed by atoms with Gasteiger partial charge in [-0.15, -0.1) is 10.2 Å². The Kier molecular flexibility index (Phi) is 7.42. The average Bonchev–Trinajstić information content (AvgIpc) is 3.49. The second-order valence-corrected chi connectivity index (χ2v) is 13.1. The van der Waals surface area contributed by atoms with Crippen LogP contribution in [0.4, 0.5) is 22.0 Å². The van der Waals surface area contributed by atoms with Gasteiger partial charge in [-0.3, -0.25) is 13.9 Å². The van der Waals surface area contributed by atoms with Crippen LogP contribution in [0.15, 0.2) is 29.6 Å². The number of pyridine rings is 1. The van der Waals surface area contributed by atoms with Gasteiger partial charge in [0.2, 0.25) is 0 Å². The fourth-order valence-electron chi connectivity index (χ4n) is 7.80. The Morgan fingerprint density at radius 2 is 1.95 bits per heavy atom. The summed E-state index contributed by atoms with van der Waals surface area (Å²) in [6, 6.07) is 3.14. The number of likely N-dealkylation sites (tertiary alicyclic amines) is 1. The summed E-state index contributed by atoms with van der Waals surface area (Å²) in [4.78, 5) is 15.4. The van der Waals surface area contributed by atoms with Gasteiger partial charge in [0.25, 0.3) is 5.92 Å². The van der Waals surface area contributed by atoms with Gasteiger partial charge in [-0.2, -0.15) is 18.4 Å². The lowest BCUT2D eigenvalue weighted by atomic mass is 9.52. The quantitative estimate of drug-likeness (QED) is 0.341. The van der Waals surface area contributed by atoms with Crippen molar-refractivity contribution in [3.05, 3.63) is 52.2 Å². The van der Waals surface area contributed by atoms with Gasteiger partial charge in [0, 0.05) is 69.8 Å². The van der Waals surface area contributed by atoms with Crippen molar-refractivity contribution in [2.45, 2.75) is 83.0 Å². The van der Waals surface area contributed by atoms with E-state index in [1.807, 2.05) is 11.6 Å².